The van der Waals surface area contributed by atoms with Crippen molar-refractivity contribution in [1.82, 2.24) is 0 Å². The van der Waals surface area contributed by atoms with Gasteiger partial charge in [-0.2, -0.15) is 0 Å². The number of thiophene rings is 1. The summed E-state index contributed by atoms with van der Waals surface area (Å²) in [6, 6.07) is 9.80. The van der Waals surface area contributed by atoms with Gasteiger partial charge < -0.3 is 10.1 Å². The van der Waals surface area contributed by atoms with Crippen LogP contribution in [0.5, 0.6) is 0 Å². The quantitative estimate of drug-likeness (QED) is 0.535. The topological polar surface area (TPSA) is 55.4 Å². The minimum atomic E-state index is -0.358. The van der Waals surface area contributed by atoms with Crippen LogP contribution in [-0.4, -0.2) is 19.0 Å². The van der Waals surface area contributed by atoms with Gasteiger partial charge in [-0.15, -0.1) is 11.3 Å². The Balaban J connectivity index is 1.91. The zero-order valence-corrected chi connectivity index (χ0v) is 19.5. The van der Waals surface area contributed by atoms with Crippen LogP contribution in [-0.2, 0) is 22.4 Å². The molecule has 1 N–H and O–H groups in total. The number of ether oxygens (including phenoxy) is 1. The first-order valence-corrected chi connectivity index (χ1v) is 11.7. The van der Waals surface area contributed by atoms with Crippen molar-refractivity contribution in [2.24, 2.45) is 11.3 Å². The van der Waals surface area contributed by atoms with Gasteiger partial charge in [-0.1, -0.05) is 64.4 Å². The Morgan fingerprint density at radius 2 is 1.93 bits per heavy atom. The molecule has 0 bridgehead atoms. The van der Waals surface area contributed by atoms with Crippen molar-refractivity contribution in [2.45, 2.75) is 65.7 Å². The van der Waals surface area contributed by atoms with E-state index in [-0.39, 0.29) is 23.2 Å². The first-order valence-electron chi connectivity index (χ1n) is 10.9. The number of anilines is 1. The number of nitrogens with one attached hydrogen (secondary N) is 1. The van der Waals surface area contributed by atoms with E-state index in [0.29, 0.717) is 22.9 Å². The lowest BCUT2D eigenvalue weighted by Gasteiger charge is -2.36. The van der Waals surface area contributed by atoms with E-state index in [0.717, 1.165) is 36.8 Å². The van der Waals surface area contributed by atoms with Crippen LogP contribution in [0, 0.1) is 11.3 Å². The summed E-state index contributed by atoms with van der Waals surface area (Å²) in [6.07, 6.45) is 4.69. The van der Waals surface area contributed by atoms with E-state index in [9.17, 15) is 9.59 Å². The Morgan fingerprint density at radius 3 is 2.53 bits per heavy atom. The van der Waals surface area contributed by atoms with Crippen molar-refractivity contribution < 1.29 is 14.3 Å². The van der Waals surface area contributed by atoms with Crippen LogP contribution < -0.4 is 5.32 Å². The average Bonchev–Trinajstić information content (AvgIpc) is 3.11. The zero-order valence-electron chi connectivity index (χ0n) is 18.7. The van der Waals surface area contributed by atoms with Crippen molar-refractivity contribution in [3.63, 3.8) is 0 Å². The number of fused-ring (bicyclic) bond motifs is 1. The van der Waals surface area contributed by atoms with Crippen LogP contribution in [0.25, 0.3) is 0 Å². The lowest BCUT2D eigenvalue weighted by Crippen LogP contribution is -2.28. The molecule has 0 saturated carbocycles. The van der Waals surface area contributed by atoms with E-state index in [1.54, 1.807) is 11.3 Å². The maximum absolute atomic E-state index is 13.1. The third-order valence-corrected chi connectivity index (χ3v) is 8.00. The summed E-state index contributed by atoms with van der Waals surface area (Å²) in [7, 11) is 1.41. The van der Waals surface area contributed by atoms with Crippen LogP contribution in [0.15, 0.2) is 30.3 Å². The second-order valence-corrected chi connectivity index (χ2v) is 9.95. The van der Waals surface area contributed by atoms with E-state index in [2.05, 4.69) is 26.1 Å². The van der Waals surface area contributed by atoms with Gasteiger partial charge in [-0.25, -0.2) is 4.79 Å². The number of amides is 1. The molecule has 3 rings (SSSR count). The second kappa shape index (κ2) is 9.34. The number of benzene rings is 1. The number of hydrogen-bond acceptors (Lipinski definition) is 4. The lowest BCUT2D eigenvalue weighted by molar-refractivity contribution is -0.117. The number of esters is 1. The molecule has 162 valence electrons. The molecule has 5 heteroatoms. The van der Waals surface area contributed by atoms with Gasteiger partial charge in [0.25, 0.3) is 0 Å². The van der Waals surface area contributed by atoms with Gasteiger partial charge in [0.05, 0.1) is 18.6 Å². The van der Waals surface area contributed by atoms with Crippen LogP contribution >= 0.6 is 11.3 Å². The molecule has 0 radical (unpaired) electrons. The van der Waals surface area contributed by atoms with E-state index in [1.165, 1.54) is 12.0 Å². The maximum Gasteiger partial charge on any atom is 0.341 e. The first kappa shape index (κ1) is 22.5. The number of rotatable bonds is 7. The minimum Gasteiger partial charge on any atom is -0.465 e. The van der Waals surface area contributed by atoms with Crippen molar-refractivity contribution in [1.29, 1.82) is 0 Å². The molecule has 2 atom stereocenters. The molecular weight excluding hydrogens is 394 g/mol. The van der Waals surface area contributed by atoms with E-state index in [4.69, 9.17) is 4.74 Å². The second-order valence-electron chi connectivity index (χ2n) is 8.84. The Kier molecular flexibility index (Phi) is 7.02. The van der Waals surface area contributed by atoms with Gasteiger partial charge in [-0.3, -0.25) is 4.79 Å². The molecule has 0 saturated heterocycles. The van der Waals surface area contributed by atoms with Gasteiger partial charge >= 0.3 is 5.97 Å². The SMILES string of the molecule is CCC(C(=O)Nc1sc2c(c1C(=O)OC)CCC(C(C)(C)CC)C2)c1ccccc1. The Hall–Kier alpha value is -2.14. The monoisotopic (exact) mass is 427 g/mol. The summed E-state index contributed by atoms with van der Waals surface area (Å²) < 4.78 is 5.09. The smallest absolute Gasteiger partial charge is 0.341 e. The normalized spacial score (nSPS) is 17.2. The van der Waals surface area contributed by atoms with E-state index in [1.807, 2.05) is 37.3 Å². The van der Waals surface area contributed by atoms with E-state index < -0.39 is 0 Å². The summed E-state index contributed by atoms with van der Waals surface area (Å²) in [6.45, 7) is 8.90. The molecule has 0 fully saturated rings. The molecule has 30 heavy (non-hydrogen) atoms. The van der Waals surface area contributed by atoms with Crippen molar-refractivity contribution in [2.75, 3.05) is 12.4 Å². The maximum atomic E-state index is 13.1. The summed E-state index contributed by atoms with van der Waals surface area (Å²) in [4.78, 5) is 27.0. The largest absolute Gasteiger partial charge is 0.465 e. The van der Waals surface area contributed by atoms with Gasteiger partial charge in [-0.05, 0) is 48.1 Å². The first-order chi connectivity index (χ1) is 14.3. The molecule has 0 spiro atoms. The molecule has 0 aliphatic heterocycles. The molecule has 4 nitrogen and oxygen atoms in total. The molecule has 1 aliphatic carbocycles. The molecule has 2 unspecified atom stereocenters. The van der Waals surface area contributed by atoms with Gasteiger partial charge in [0.2, 0.25) is 5.91 Å². The highest BCUT2D eigenvalue weighted by Crippen LogP contribution is 2.45. The van der Waals surface area contributed by atoms with Crippen LogP contribution in [0.3, 0.4) is 0 Å². The lowest BCUT2D eigenvalue weighted by atomic mass is 9.69. The zero-order chi connectivity index (χ0) is 21.9. The highest BCUT2D eigenvalue weighted by Gasteiger charge is 2.36. The Bertz CT molecular complexity index is 901. The van der Waals surface area contributed by atoms with E-state index >= 15 is 0 Å². The van der Waals surface area contributed by atoms with Crippen LogP contribution in [0.1, 0.15) is 79.2 Å². The standard InChI is InChI=1S/C25H33NO3S/c1-6-18(16-11-9-8-10-12-16)22(27)26-23-21(24(28)29-5)19-14-13-17(15-20(19)30-23)25(3,4)7-2/h8-12,17-18H,6-7,13-15H2,1-5H3,(H,26,27). The van der Waals surface area contributed by atoms with Gasteiger partial charge in [0.1, 0.15) is 5.00 Å². The molecule has 2 aromatic rings. The number of carbonyl (C=O) groups excluding carboxylic acids is 2. The van der Waals surface area contributed by atoms with Crippen molar-refractivity contribution in [3.05, 3.63) is 51.9 Å². The minimum absolute atomic E-state index is 0.0714. The van der Waals surface area contributed by atoms with Crippen molar-refractivity contribution >= 4 is 28.2 Å². The van der Waals surface area contributed by atoms with Crippen molar-refractivity contribution in [3.8, 4) is 0 Å². The number of carbonyl (C=O) groups is 2. The third kappa shape index (κ3) is 4.46. The molecule has 1 aliphatic rings. The van der Waals surface area contributed by atoms with Gasteiger partial charge in [0.15, 0.2) is 0 Å². The highest BCUT2D eigenvalue weighted by atomic mass is 32.1. The summed E-state index contributed by atoms with van der Waals surface area (Å²) in [5.41, 5.74) is 2.87. The fraction of sp³-hybridized carbons (Fsp3) is 0.520. The molecule has 1 heterocycles. The van der Waals surface area contributed by atoms with Crippen LogP contribution in [0.2, 0.25) is 0 Å². The fourth-order valence-corrected chi connectivity index (χ4v) is 5.72. The number of hydrogen-bond donors (Lipinski definition) is 1. The molecule has 1 aromatic carbocycles. The Labute approximate surface area is 184 Å². The molecular formula is C25H33NO3S. The summed E-state index contributed by atoms with van der Waals surface area (Å²) in [5, 5.41) is 3.72. The van der Waals surface area contributed by atoms with Gasteiger partial charge in [0, 0.05) is 4.88 Å². The molecule has 1 aromatic heterocycles. The summed E-state index contributed by atoms with van der Waals surface area (Å²) in [5.74, 6) is -0.0975. The predicted octanol–water partition coefficient (Wildman–Crippen LogP) is 6.21. The molecule has 1 amide bonds. The van der Waals surface area contributed by atoms with Crippen LogP contribution in [0.4, 0.5) is 5.00 Å². The fourth-order valence-electron chi connectivity index (χ4n) is 4.40. The highest BCUT2D eigenvalue weighted by molar-refractivity contribution is 7.17. The number of methoxy groups -OCH3 is 1. The average molecular weight is 428 g/mol. The Morgan fingerprint density at radius 1 is 1.23 bits per heavy atom. The third-order valence-electron chi connectivity index (χ3n) is 6.83. The summed E-state index contributed by atoms with van der Waals surface area (Å²) >= 11 is 1.55. The predicted molar refractivity (Wildman–Crippen MR) is 123 cm³/mol.